The number of nitrogens with two attached hydrogens (primary N) is 2. The van der Waals surface area contributed by atoms with Gasteiger partial charge in [0, 0.05) is 24.2 Å². The third-order valence-electron chi connectivity index (χ3n) is 3.60. The minimum Gasteiger partial charge on any atom is -0.381 e. The van der Waals surface area contributed by atoms with Gasteiger partial charge in [0.15, 0.2) is 11.5 Å². The maximum absolute atomic E-state index is 13.3. The SMILES string of the molecule is Nc1nccc(-c2c(-c3ccc(F)cc3)nc3c(N)nccn23)n1. The fourth-order valence-electron chi connectivity index (χ4n) is 2.56. The molecule has 7 nitrogen and oxygen atoms in total. The Kier molecular flexibility index (Phi) is 3.09. The fourth-order valence-corrected chi connectivity index (χ4v) is 2.56. The van der Waals surface area contributed by atoms with Gasteiger partial charge >= 0.3 is 0 Å². The van der Waals surface area contributed by atoms with E-state index < -0.39 is 0 Å². The third kappa shape index (κ3) is 2.21. The maximum Gasteiger partial charge on any atom is 0.220 e. The number of imidazole rings is 1. The van der Waals surface area contributed by atoms with Gasteiger partial charge in [-0.25, -0.2) is 24.3 Å². The van der Waals surface area contributed by atoms with Gasteiger partial charge in [-0.2, -0.15) is 0 Å². The first-order valence-electron chi connectivity index (χ1n) is 7.11. The summed E-state index contributed by atoms with van der Waals surface area (Å²) in [4.78, 5) is 16.8. The van der Waals surface area contributed by atoms with E-state index in [0.717, 1.165) is 5.56 Å². The number of fused-ring (bicyclic) bond motifs is 1. The summed E-state index contributed by atoms with van der Waals surface area (Å²) in [6, 6.07) is 7.77. The van der Waals surface area contributed by atoms with Crippen LogP contribution in [0.1, 0.15) is 0 Å². The third-order valence-corrected chi connectivity index (χ3v) is 3.60. The Hall–Kier alpha value is -3.55. The minimum atomic E-state index is -0.323. The smallest absolute Gasteiger partial charge is 0.220 e. The number of nitrogens with zero attached hydrogens (tertiary/aromatic N) is 5. The predicted octanol–water partition coefficient (Wildman–Crippen LogP) is 2.16. The zero-order chi connectivity index (χ0) is 16.7. The number of aromatic nitrogens is 5. The molecule has 3 heterocycles. The topological polar surface area (TPSA) is 108 Å². The molecule has 0 radical (unpaired) electrons. The standard InChI is InChI=1S/C16H12FN7/c17-10-3-1-9(2-4-10)12-13(11-5-6-21-16(19)22-11)24-8-7-20-14(18)15(24)23-12/h1-8H,(H2,18,20)(H2,19,21,22). The largest absolute Gasteiger partial charge is 0.381 e. The first kappa shape index (κ1) is 14.1. The van der Waals surface area contributed by atoms with Gasteiger partial charge in [-0.15, -0.1) is 0 Å². The number of benzene rings is 1. The van der Waals surface area contributed by atoms with E-state index >= 15 is 0 Å². The summed E-state index contributed by atoms with van der Waals surface area (Å²) in [5, 5.41) is 0. The second kappa shape index (κ2) is 5.27. The summed E-state index contributed by atoms with van der Waals surface area (Å²) in [5.74, 6) is 0.111. The van der Waals surface area contributed by atoms with Crippen LogP contribution in [0.4, 0.5) is 16.2 Å². The average Bonchev–Trinajstić information content (AvgIpc) is 2.96. The van der Waals surface area contributed by atoms with Crippen molar-refractivity contribution >= 4 is 17.4 Å². The molecule has 24 heavy (non-hydrogen) atoms. The van der Waals surface area contributed by atoms with Gasteiger partial charge in [0.2, 0.25) is 5.95 Å². The molecular weight excluding hydrogens is 309 g/mol. The number of nitrogen functional groups attached to an aromatic ring is 2. The van der Waals surface area contributed by atoms with Gasteiger partial charge in [0.25, 0.3) is 0 Å². The molecule has 118 valence electrons. The summed E-state index contributed by atoms with van der Waals surface area (Å²) in [7, 11) is 0. The number of halogens is 1. The van der Waals surface area contributed by atoms with Gasteiger partial charge in [-0.3, -0.25) is 4.40 Å². The molecule has 0 saturated heterocycles. The summed E-state index contributed by atoms with van der Waals surface area (Å²) >= 11 is 0. The molecule has 0 saturated carbocycles. The van der Waals surface area contributed by atoms with E-state index in [-0.39, 0.29) is 17.6 Å². The Labute approximate surface area is 135 Å². The number of hydrogen-bond donors (Lipinski definition) is 2. The van der Waals surface area contributed by atoms with Crippen LogP contribution in [-0.2, 0) is 0 Å². The van der Waals surface area contributed by atoms with E-state index in [2.05, 4.69) is 19.9 Å². The Morgan fingerprint density at radius 3 is 2.46 bits per heavy atom. The monoisotopic (exact) mass is 321 g/mol. The molecule has 4 rings (SSSR count). The lowest BCUT2D eigenvalue weighted by atomic mass is 10.1. The van der Waals surface area contributed by atoms with Crippen LogP contribution >= 0.6 is 0 Å². The lowest BCUT2D eigenvalue weighted by molar-refractivity contribution is 0.628. The van der Waals surface area contributed by atoms with Crippen molar-refractivity contribution in [2.45, 2.75) is 0 Å². The van der Waals surface area contributed by atoms with E-state index in [0.29, 0.717) is 22.7 Å². The molecule has 4 N–H and O–H groups in total. The molecule has 0 fully saturated rings. The molecular formula is C16H12FN7. The van der Waals surface area contributed by atoms with Crippen molar-refractivity contribution in [3.8, 4) is 22.6 Å². The highest BCUT2D eigenvalue weighted by Gasteiger charge is 2.19. The highest BCUT2D eigenvalue weighted by Crippen LogP contribution is 2.32. The van der Waals surface area contributed by atoms with E-state index in [4.69, 9.17) is 11.5 Å². The molecule has 1 aromatic carbocycles. The molecule has 0 unspecified atom stereocenters. The molecule has 8 heteroatoms. The van der Waals surface area contributed by atoms with Gasteiger partial charge in [-0.05, 0) is 30.3 Å². The van der Waals surface area contributed by atoms with Crippen LogP contribution in [0.2, 0.25) is 0 Å². The summed E-state index contributed by atoms with van der Waals surface area (Å²) in [6.07, 6.45) is 4.88. The van der Waals surface area contributed by atoms with E-state index in [1.165, 1.54) is 12.1 Å². The number of rotatable bonds is 2. The first-order valence-corrected chi connectivity index (χ1v) is 7.11. The normalized spacial score (nSPS) is 11.0. The Morgan fingerprint density at radius 1 is 0.917 bits per heavy atom. The Balaban J connectivity index is 2.07. The van der Waals surface area contributed by atoms with Crippen LogP contribution in [0.25, 0.3) is 28.3 Å². The van der Waals surface area contributed by atoms with Gasteiger partial charge in [-0.1, -0.05) is 0 Å². The van der Waals surface area contributed by atoms with Crippen LogP contribution in [-0.4, -0.2) is 24.3 Å². The average molecular weight is 321 g/mol. The molecule has 0 atom stereocenters. The van der Waals surface area contributed by atoms with Crippen molar-refractivity contribution in [1.82, 2.24) is 24.3 Å². The Morgan fingerprint density at radius 2 is 1.71 bits per heavy atom. The molecule has 0 aliphatic carbocycles. The van der Waals surface area contributed by atoms with Gasteiger partial charge < -0.3 is 11.5 Å². The Bertz CT molecular complexity index is 1040. The highest BCUT2D eigenvalue weighted by atomic mass is 19.1. The first-order chi connectivity index (χ1) is 11.6. The van der Waals surface area contributed by atoms with E-state index in [1.54, 1.807) is 41.2 Å². The van der Waals surface area contributed by atoms with Crippen LogP contribution in [0.3, 0.4) is 0 Å². The molecule has 3 aromatic heterocycles. The summed E-state index contributed by atoms with van der Waals surface area (Å²) in [5.41, 5.74) is 14.7. The molecule has 0 spiro atoms. The molecule has 4 aromatic rings. The van der Waals surface area contributed by atoms with Crippen molar-refractivity contribution in [3.63, 3.8) is 0 Å². The quantitative estimate of drug-likeness (QED) is 0.585. The van der Waals surface area contributed by atoms with E-state index in [1.807, 2.05) is 0 Å². The summed E-state index contributed by atoms with van der Waals surface area (Å²) in [6.45, 7) is 0. The van der Waals surface area contributed by atoms with Crippen molar-refractivity contribution in [2.75, 3.05) is 11.5 Å². The molecule has 0 amide bonds. The number of anilines is 2. The minimum absolute atomic E-state index is 0.148. The number of hydrogen-bond acceptors (Lipinski definition) is 6. The fraction of sp³-hybridized carbons (Fsp3) is 0. The molecule has 0 bridgehead atoms. The van der Waals surface area contributed by atoms with Crippen LogP contribution < -0.4 is 11.5 Å². The highest BCUT2D eigenvalue weighted by molar-refractivity contribution is 5.82. The van der Waals surface area contributed by atoms with Crippen LogP contribution in [0.5, 0.6) is 0 Å². The second-order valence-electron chi connectivity index (χ2n) is 5.12. The van der Waals surface area contributed by atoms with Crippen LogP contribution in [0, 0.1) is 5.82 Å². The zero-order valence-corrected chi connectivity index (χ0v) is 12.4. The van der Waals surface area contributed by atoms with Crippen LogP contribution in [0.15, 0.2) is 48.9 Å². The van der Waals surface area contributed by atoms with Crippen molar-refractivity contribution in [2.24, 2.45) is 0 Å². The van der Waals surface area contributed by atoms with E-state index in [9.17, 15) is 4.39 Å². The zero-order valence-electron chi connectivity index (χ0n) is 12.4. The van der Waals surface area contributed by atoms with Gasteiger partial charge in [0.1, 0.15) is 5.82 Å². The summed E-state index contributed by atoms with van der Waals surface area (Å²) < 4.78 is 15.0. The van der Waals surface area contributed by atoms with Gasteiger partial charge in [0.05, 0.1) is 17.1 Å². The van der Waals surface area contributed by atoms with Crippen molar-refractivity contribution in [3.05, 3.63) is 54.7 Å². The molecule has 0 aliphatic heterocycles. The lowest BCUT2D eigenvalue weighted by Crippen LogP contribution is -1.99. The lowest BCUT2D eigenvalue weighted by Gasteiger charge is -2.05. The second-order valence-corrected chi connectivity index (χ2v) is 5.12. The maximum atomic E-state index is 13.3. The van der Waals surface area contributed by atoms with Crippen molar-refractivity contribution in [1.29, 1.82) is 0 Å². The molecule has 0 aliphatic rings. The van der Waals surface area contributed by atoms with Crippen molar-refractivity contribution < 1.29 is 4.39 Å². The predicted molar refractivity (Wildman–Crippen MR) is 88.2 cm³/mol.